The average Bonchev–Trinajstić information content (AvgIpc) is 3.37. The van der Waals surface area contributed by atoms with Crippen LogP contribution in [0.1, 0.15) is 30.5 Å². The minimum atomic E-state index is -0.483. The van der Waals surface area contributed by atoms with Gasteiger partial charge in [0.05, 0.1) is 38.6 Å². The molecular formula is C28H34FN7O4. The van der Waals surface area contributed by atoms with E-state index < -0.39 is 5.91 Å². The number of benzene rings is 2. The molecule has 0 saturated carbocycles. The molecule has 1 amide bonds. The van der Waals surface area contributed by atoms with Crippen molar-refractivity contribution < 1.29 is 23.8 Å². The fraction of sp³-hybridized carbons (Fsp3) is 0.393. The molecule has 5 rings (SSSR count). The van der Waals surface area contributed by atoms with Gasteiger partial charge in [-0.3, -0.25) is 9.89 Å². The molecule has 11 nitrogen and oxygen atoms in total. The number of hydrogen-bond acceptors (Lipinski definition) is 8. The number of likely N-dealkylation sites (tertiary alicyclic amines) is 1. The fourth-order valence-corrected chi connectivity index (χ4v) is 4.93. The lowest BCUT2D eigenvalue weighted by Crippen LogP contribution is -2.40. The Morgan fingerprint density at radius 1 is 1.23 bits per heavy atom. The molecule has 0 bridgehead atoms. The molecule has 0 spiro atoms. The molecule has 2 aliphatic heterocycles. The summed E-state index contributed by atoms with van der Waals surface area (Å²) in [4.78, 5) is 20.3. The van der Waals surface area contributed by atoms with Crippen LogP contribution in [-0.2, 0) is 11.2 Å². The first-order chi connectivity index (χ1) is 19.4. The third kappa shape index (κ3) is 6.52. The van der Waals surface area contributed by atoms with E-state index in [0.717, 1.165) is 44.6 Å². The van der Waals surface area contributed by atoms with Crippen molar-refractivity contribution in [1.82, 2.24) is 15.1 Å². The maximum atomic E-state index is 14.2. The third-order valence-corrected chi connectivity index (χ3v) is 6.98. The second kappa shape index (κ2) is 12.3. The van der Waals surface area contributed by atoms with Gasteiger partial charge in [0, 0.05) is 48.7 Å². The maximum absolute atomic E-state index is 14.2. The van der Waals surface area contributed by atoms with Crippen LogP contribution in [0.4, 0.5) is 21.6 Å². The molecule has 1 fully saturated rings. The second-order valence-corrected chi connectivity index (χ2v) is 9.90. The van der Waals surface area contributed by atoms with Crippen LogP contribution < -0.4 is 25.4 Å². The number of piperidine rings is 1. The van der Waals surface area contributed by atoms with Crippen molar-refractivity contribution in [3.8, 4) is 11.5 Å². The number of aromatic amines is 1. The van der Waals surface area contributed by atoms with Gasteiger partial charge in [-0.25, -0.2) is 9.38 Å². The summed E-state index contributed by atoms with van der Waals surface area (Å²) in [7, 11) is 1.58. The summed E-state index contributed by atoms with van der Waals surface area (Å²) in [6, 6.07) is 11.6. The zero-order valence-corrected chi connectivity index (χ0v) is 22.4. The minimum absolute atomic E-state index is 0.0117. The number of nitrogens with one attached hydrogen (secondary N) is 2. The van der Waals surface area contributed by atoms with Crippen molar-refractivity contribution in [2.24, 2.45) is 10.7 Å². The summed E-state index contributed by atoms with van der Waals surface area (Å²) in [6.45, 7) is 3.54. The number of halogens is 1. The highest BCUT2D eigenvalue weighted by Gasteiger charge is 2.27. The van der Waals surface area contributed by atoms with E-state index in [-0.39, 0.29) is 18.3 Å². The molecule has 0 aliphatic carbocycles. The number of methoxy groups -OCH3 is 1. The molecule has 2 aromatic carbocycles. The number of primary amides is 1. The van der Waals surface area contributed by atoms with Gasteiger partial charge < -0.3 is 35.4 Å². The minimum Gasteiger partial charge on any atom is -0.493 e. The molecule has 3 heterocycles. The van der Waals surface area contributed by atoms with Gasteiger partial charge in [0.1, 0.15) is 11.7 Å². The largest absolute Gasteiger partial charge is 0.493 e. The third-order valence-electron chi connectivity index (χ3n) is 6.98. The van der Waals surface area contributed by atoms with Gasteiger partial charge in [-0.05, 0) is 43.5 Å². The van der Waals surface area contributed by atoms with Gasteiger partial charge in [0.25, 0.3) is 0 Å². The second-order valence-electron chi connectivity index (χ2n) is 9.90. The molecule has 3 aromatic rings. The monoisotopic (exact) mass is 551 g/mol. The van der Waals surface area contributed by atoms with Crippen LogP contribution in [0.2, 0.25) is 0 Å². The Hall–Kier alpha value is -4.16. The Morgan fingerprint density at radius 2 is 2.05 bits per heavy atom. The summed E-state index contributed by atoms with van der Waals surface area (Å²) >= 11 is 0. The van der Waals surface area contributed by atoms with E-state index in [4.69, 9.17) is 20.2 Å². The van der Waals surface area contributed by atoms with Crippen LogP contribution in [0.5, 0.6) is 11.5 Å². The molecule has 0 unspecified atom stereocenters. The number of amidine groups is 1. The van der Waals surface area contributed by atoms with Gasteiger partial charge in [-0.2, -0.15) is 5.10 Å². The summed E-state index contributed by atoms with van der Waals surface area (Å²) in [5, 5.41) is 20.1. The van der Waals surface area contributed by atoms with Crippen LogP contribution >= 0.6 is 0 Å². The number of aliphatic imine (C=N–C) groups is 1. The van der Waals surface area contributed by atoms with Gasteiger partial charge >= 0.3 is 0 Å². The first kappa shape index (κ1) is 27.4. The maximum Gasteiger partial charge on any atom is 0.223 e. The van der Waals surface area contributed by atoms with Crippen molar-refractivity contribution in [3.05, 3.63) is 59.5 Å². The average molecular weight is 552 g/mol. The number of aliphatic hydroxyl groups is 1. The number of nitrogens with two attached hydrogens (primary N) is 1. The highest BCUT2D eigenvalue weighted by molar-refractivity contribution is 6.16. The molecular weight excluding hydrogens is 517 g/mol. The van der Waals surface area contributed by atoms with Crippen LogP contribution in [0.25, 0.3) is 0 Å². The first-order valence-electron chi connectivity index (χ1n) is 13.3. The molecule has 0 radical (unpaired) electrons. The van der Waals surface area contributed by atoms with Crippen molar-refractivity contribution >= 4 is 28.9 Å². The number of hydrogen-bond donors (Lipinski definition) is 4. The lowest BCUT2D eigenvalue weighted by Gasteiger charge is -2.33. The normalized spacial score (nSPS) is 17.0. The van der Waals surface area contributed by atoms with E-state index in [9.17, 15) is 14.3 Å². The summed E-state index contributed by atoms with van der Waals surface area (Å²) in [5.74, 6) is 1.16. The van der Waals surface area contributed by atoms with Gasteiger partial charge in [-0.15, -0.1) is 0 Å². The standard InChI is InChI=1S/C28H34FN7O4/c1-39-24-15-22-23(16-25(24)40-11-3-8-35-9-6-21(37)7-10-35)31-17-36(20-5-2-4-18(29)12-20)28(22)32-27-14-19(33-34-27)13-26(30)38/h2,4-5,12,14-16,21,31,37H,3,6-11,13,17H2,1H3,(H2,30,38)(H,33,34). The van der Waals surface area contributed by atoms with Crippen LogP contribution in [-0.4, -0.2) is 78.1 Å². The number of amides is 1. The smallest absolute Gasteiger partial charge is 0.223 e. The number of nitrogens with zero attached hydrogens (tertiary/aromatic N) is 4. The number of aliphatic hydroxyl groups excluding tert-OH is 1. The SMILES string of the molecule is COc1cc2c(cc1OCCCN1CCC(O)CC1)NCN(c1cccc(F)c1)C2=Nc1cc(CC(N)=O)[nH]n1. The van der Waals surface area contributed by atoms with Crippen LogP contribution in [0.3, 0.4) is 0 Å². The highest BCUT2D eigenvalue weighted by atomic mass is 19.1. The Labute approximate surface area is 231 Å². The van der Waals surface area contributed by atoms with Gasteiger partial charge in [-0.1, -0.05) is 6.07 Å². The van der Waals surface area contributed by atoms with E-state index in [2.05, 4.69) is 20.4 Å². The molecule has 5 N–H and O–H groups in total. The quantitative estimate of drug-likeness (QED) is 0.282. The Kier molecular flexibility index (Phi) is 8.46. The van der Waals surface area contributed by atoms with Gasteiger partial charge in [0.2, 0.25) is 5.91 Å². The number of anilines is 2. The lowest BCUT2D eigenvalue weighted by atomic mass is 10.1. The molecule has 1 saturated heterocycles. The Bertz CT molecular complexity index is 1370. The van der Waals surface area contributed by atoms with E-state index >= 15 is 0 Å². The highest BCUT2D eigenvalue weighted by Crippen LogP contribution is 2.38. The number of ether oxygens (including phenoxy) is 2. The summed E-state index contributed by atoms with van der Waals surface area (Å²) in [6.07, 6.45) is 2.29. The number of rotatable bonds is 10. The van der Waals surface area contributed by atoms with Crippen LogP contribution in [0.15, 0.2) is 47.5 Å². The zero-order valence-electron chi connectivity index (χ0n) is 22.4. The van der Waals surface area contributed by atoms with Gasteiger partial charge in [0.15, 0.2) is 17.3 Å². The van der Waals surface area contributed by atoms with E-state index in [1.807, 2.05) is 17.0 Å². The fourth-order valence-electron chi connectivity index (χ4n) is 4.93. The molecule has 2 aliphatic rings. The van der Waals surface area contributed by atoms with Crippen LogP contribution in [0, 0.1) is 5.82 Å². The molecule has 212 valence electrons. The first-order valence-corrected chi connectivity index (χ1v) is 13.3. The topological polar surface area (TPSA) is 141 Å². The van der Waals surface area contributed by atoms with Crippen molar-refractivity contribution in [2.75, 3.05) is 50.2 Å². The number of fused-ring (bicyclic) bond motifs is 1. The number of aromatic nitrogens is 2. The molecule has 1 aromatic heterocycles. The van der Waals surface area contributed by atoms with E-state index in [0.29, 0.717) is 53.4 Å². The van der Waals surface area contributed by atoms with Crippen molar-refractivity contribution in [2.45, 2.75) is 31.8 Å². The predicted octanol–water partition coefficient (Wildman–Crippen LogP) is 2.78. The van der Waals surface area contributed by atoms with E-state index in [1.165, 1.54) is 12.1 Å². The number of carbonyl (C=O) groups excluding carboxylic acids is 1. The number of carbonyl (C=O) groups is 1. The predicted molar refractivity (Wildman–Crippen MR) is 150 cm³/mol. The molecule has 40 heavy (non-hydrogen) atoms. The zero-order chi connectivity index (χ0) is 28.1. The van der Waals surface area contributed by atoms with Crippen molar-refractivity contribution in [3.63, 3.8) is 0 Å². The summed E-state index contributed by atoms with van der Waals surface area (Å²) in [5.41, 5.74) is 7.95. The van der Waals surface area contributed by atoms with E-state index in [1.54, 1.807) is 25.3 Å². The summed E-state index contributed by atoms with van der Waals surface area (Å²) < 4.78 is 26.0. The van der Waals surface area contributed by atoms with Crippen molar-refractivity contribution in [1.29, 1.82) is 0 Å². The Morgan fingerprint density at radius 3 is 2.80 bits per heavy atom. The lowest BCUT2D eigenvalue weighted by molar-refractivity contribution is -0.117. The Balaban J connectivity index is 1.40. The number of H-pyrrole nitrogens is 1. The molecule has 0 atom stereocenters. The molecule has 12 heteroatoms.